The van der Waals surface area contributed by atoms with Crippen molar-refractivity contribution in [3.63, 3.8) is 0 Å². The van der Waals surface area contributed by atoms with Gasteiger partial charge in [0.05, 0.1) is 36.1 Å². The van der Waals surface area contributed by atoms with Crippen LogP contribution >= 0.6 is 0 Å². The summed E-state index contributed by atoms with van der Waals surface area (Å²) in [5.41, 5.74) is 1.92. The van der Waals surface area contributed by atoms with Crippen LogP contribution in [0, 0.1) is 5.92 Å². The van der Waals surface area contributed by atoms with Crippen LogP contribution in [0.2, 0.25) is 0 Å². The smallest absolute Gasteiger partial charge is 0.181 e. The van der Waals surface area contributed by atoms with Crippen molar-refractivity contribution in [1.29, 1.82) is 0 Å². The fourth-order valence-electron chi connectivity index (χ4n) is 4.86. The molecule has 6 nitrogen and oxygen atoms in total. The van der Waals surface area contributed by atoms with E-state index < -0.39 is 12.4 Å². The zero-order valence-corrected chi connectivity index (χ0v) is 15.0. The van der Waals surface area contributed by atoms with Crippen molar-refractivity contribution in [2.24, 2.45) is 5.92 Å². The molecule has 1 aliphatic carbocycles. The first kappa shape index (κ1) is 16.7. The Morgan fingerprint density at radius 3 is 2.92 bits per heavy atom. The minimum atomic E-state index is -0.567. The summed E-state index contributed by atoms with van der Waals surface area (Å²) in [4.78, 5) is 4.48. The van der Waals surface area contributed by atoms with E-state index in [1.165, 1.54) is 32.1 Å². The van der Waals surface area contributed by atoms with Gasteiger partial charge < -0.3 is 24.5 Å². The van der Waals surface area contributed by atoms with Crippen molar-refractivity contribution < 1.29 is 14.6 Å². The van der Waals surface area contributed by atoms with Crippen molar-refractivity contribution in [2.45, 2.75) is 62.7 Å². The highest BCUT2D eigenvalue weighted by atomic mass is 16.7. The predicted molar refractivity (Wildman–Crippen MR) is 97.8 cm³/mol. The van der Waals surface area contributed by atoms with Gasteiger partial charge in [0.1, 0.15) is 12.1 Å². The van der Waals surface area contributed by atoms with Crippen LogP contribution in [0.1, 0.15) is 38.1 Å². The molecule has 0 amide bonds. The Bertz CT molecular complexity index is 758. The second-order valence-electron chi connectivity index (χ2n) is 7.94. The van der Waals surface area contributed by atoms with E-state index in [4.69, 9.17) is 9.47 Å². The molecule has 6 heteroatoms. The molecule has 140 valence electrons. The number of rotatable bonds is 4. The van der Waals surface area contributed by atoms with Gasteiger partial charge in [0, 0.05) is 0 Å². The topological polar surface area (TPSA) is 68.5 Å². The molecule has 2 N–H and O–H groups in total. The summed E-state index contributed by atoms with van der Waals surface area (Å²) in [5.74, 6) is 0.712. The number of fused-ring (bicyclic) bond motifs is 3. The third-order valence-electron chi connectivity index (χ3n) is 6.30. The van der Waals surface area contributed by atoms with Crippen LogP contribution in [0.15, 0.2) is 30.6 Å². The van der Waals surface area contributed by atoms with E-state index in [0.717, 1.165) is 17.6 Å². The molecular formula is C20H27N3O3. The monoisotopic (exact) mass is 357 g/mol. The van der Waals surface area contributed by atoms with Crippen molar-refractivity contribution >= 4 is 11.0 Å². The Morgan fingerprint density at radius 2 is 2.04 bits per heavy atom. The normalized spacial score (nSPS) is 35.2. The predicted octanol–water partition coefficient (Wildman–Crippen LogP) is 2.23. The highest BCUT2D eigenvalue weighted by molar-refractivity contribution is 5.75. The molecule has 3 fully saturated rings. The highest BCUT2D eigenvalue weighted by Gasteiger charge is 2.51. The average molecular weight is 357 g/mol. The van der Waals surface area contributed by atoms with Crippen LogP contribution in [0.3, 0.4) is 0 Å². The summed E-state index contributed by atoms with van der Waals surface area (Å²) in [6, 6.07) is 7.59. The molecular weight excluding hydrogens is 330 g/mol. The van der Waals surface area contributed by atoms with Gasteiger partial charge >= 0.3 is 0 Å². The van der Waals surface area contributed by atoms with Gasteiger partial charge in [-0.05, 0) is 37.4 Å². The van der Waals surface area contributed by atoms with E-state index in [1.807, 2.05) is 28.8 Å². The largest absolute Gasteiger partial charge is 0.389 e. The Labute approximate surface area is 153 Å². The molecule has 3 heterocycles. The maximum Gasteiger partial charge on any atom is 0.181 e. The highest BCUT2D eigenvalue weighted by Crippen LogP contribution is 2.37. The SMILES string of the molecule is OC1C(NCC2CCCCC2)C2COC(O2)C1n1cnc2ccccc21. The summed E-state index contributed by atoms with van der Waals surface area (Å²) in [6.07, 6.45) is 7.32. The van der Waals surface area contributed by atoms with Crippen LogP contribution in [-0.2, 0) is 9.47 Å². The number of aliphatic hydroxyl groups excluding tert-OH is 1. The van der Waals surface area contributed by atoms with Gasteiger partial charge in [-0.15, -0.1) is 0 Å². The maximum absolute atomic E-state index is 11.2. The molecule has 5 atom stereocenters. The number of benzene rings is 1. The number of aliphatic hydroxyl groups is 1. The molecule has 5 rings (SSSR count). The standard InChI is InChI=1S/C20H27N3O3/c24-19-17(21-10-13-6-2-1-3-7-13)16-11-25-20(26-16)18(19)23-12-22-14-8-4-5-9-15(14)23/h4-5,8-9,12-13,16-21,24H,1-3,6-7,10-11H2. The Kier molecular flexibility index (Phi) is 4.44. The number of para-hydroxylation sites is 2. The molecule has 2 saturated heterocycles. The molecule has 26 heavy (non-hydrogen) atoms. The summed E-state index contributed by atoms with van der Waals surface area (Å²) in [5, 5.41) is 14.8. The van der Waals surface area contributed by atoms with E-state index in [9.17, 15) is 5.11 Å². The lowest BCUT2D eigenvalue weighted by molar-refractivity contribution is -0.164. The first-order valence-electron chi connectivity index (χ1n) is 9.91. The first-order chi connectivity index (χ1) is 12.8. The fourth-order valence-corrected chi connectivity index (χ4v) is 4.86. The number of nitrogens with zero attached hydrogens (tertiary/aromatic N) is 2. The number of hydrogen-bond donors (Lipinski definition) is 2. The maximum atomic E-state index is 11.2. The fraction of sp³-hybridized carbons (Fsp3) is 0.650. The molecule has 0 radical (unpaired) electrons. The number of hydrogen-bond acceptors (Lipinski definition) is 5. The molecule has 2 aromatic rings. The van der Waals surface area contributed by atoms with Gasteiger partial charge in [0.2, 0.25) is 0 Å². The minimum absolute atomic E-state index is 0.0790. The van der Waals surface area contributed by atoms with Crippen LogP contribution < -0.4 is 5.32 Å². The number of aromatic nitrogens is 2. The van der Waals surface area contributed by atoms with Gasteiger partial charge in [0.25, 0.3) is 0 Å². The van der Waals surface area contributed by atoms with Crippen molar-refractivity contribution in [2.75, 3.05) is 13.2 Å². The van der Waals surface area contributed by atoms with Gasteiger partial charge in [-0.25, -0.2) is 4.98 Å². The zero-order chi connectivity index (χ0) is 17.5. The molecule has 1 saturated carbocycles. The second-order valence-corrected chi connectivity index (χ2v) is 7.94. The quantitative estimate of drug-likeness (QED) is 0.878. The van der Waals surface area contributed by atoms with Crippen LogP contribution in [-0.4, -0.2) is 52.3 Å². The summed E-state index contributed by atoms with van der Waals surface area (Å²) >= 11 is 0. The Morgan fingerprint density at radius 1 is 1.19 bits per heavy atom. The molecule has 2 aliphatic heterocycles. The van der Waals surface area contributed by atoms with E-state index >= 15 is 0 Å². The molecule has 1 aromatic carbocycles. The molecule has 2 bridgehead atoms. The zero-order valence-electron chi connectivity index (χ0n) is 15.0. The van der Waals surface area contributed by atoms with Crippen LogP contribution in [0.4, 0.5) is 0 Å². The number of nitrogens with one attached hydrogen (secondary N) is 1. The van der Waals surface area contributed by atoms with E-state index in [-0.39, 0.29) is 18.2 Å². The second kappa shape index (κ2) is 6.93. The Balaban J connectivity index is 1.38. The van der Waals surface area contributed by atoms with Crippen molar-refractivity contribution in [1.82, 2.24) is 14.9 Å². The lowest BCUT2D eigenvalue weighted by atomic mass is 9.88. The average Bonchev–Trinajstić information content (AvgIpc) is 3.29. The lowest BCUT2D eigenvalue weighted by Gasteiger charge is -2.40. The molecule has 1 aromatic heterocycles. The van der Waals surface area contributed by atoms with Crippen LogP contribution in [0.25, 0.3) is 11.0 Å². The van der Waals surface area contributed by atoms with Gasteiger partial charge in [-0.1, -0.05) is 31.4 Å². The Hall–Kier alpha value is -1.47. The van der Waals surface area contributed by atoms with E-state index in [0.29, 0.717) is 12.5 Å². The molecule has 5 unspecified atom stereocenters. The van der Waals surface area contributed by atoms with Gasteiger partial charge in [-0.3, -0.25) is 0 Å². The van der Waals surface area contributed by atoms with E-state index in [2.05, 4.69) is 10.3 Å². The third kappa shape index (κ3) is 2.85. The van der Waals surface area contributed by atoms with Crippen molar-refractivity contribution in [3.8, 4) is 0 Å². The number of imidazole rings is 1. The van der Waals surface area contributed by atoms with Gasteiger partial charge in [-0.2, -0.15) is 0 Å². The van der Waals surface area contributed by atoms with E-state index in [1.54, 1.807) is 6.33 Å². The summed E-state index contributed by atoms with van der Waals surface area (Å²) in [7, 11) is 0. The number of ether oxygens (including phenoxy) is 2. The van der Waals surface area contributed by atoms with Crippen LogP contribution in [0.5, 0.6) is 0 Å². The van der Waals surface area contributed by atoms with Gasteiger partial charge in [0.15, 0.2) is 6.29 Å². The lowest BCUT2D eigenvalue weighted by Crippen LogP contribution is -2.58. The first-order valence-corrected chi connectivity index (χ1v) is 9.91. The molecule has 3 aliphatic rings. The summed E-state index contributed by atoms with van der Waals surface area (Å²) < 4.78 is 14.0. The molecule has 0 spiro atoms. The minimum Gasteiger partial charge on any atom is -0.389 e. The third-order valence-corrected chi connectivity index (χ3v) is 6.30. The van der Waals surface area contributed by atoms with Crippen molar-refractivity contribution in [3.05, 3.63) is 30.6 Å². The summed E-state index contributed by atoms with van der Waals surface area (Å²) in [6.45, 7) is 1.48.